The highest BCUT2D eigenvalue weighted by atomic mass is 32.2. The predicted octanol–water partition coefficient (Wildman–Crippen LogP) is 3.19. The quantitative estimate of drug-likeness (QED) is 0.664. The molecular weight excluding hydrogens is 258 g/mol. The minimum absolute atomic E-state index is 0.576. The Kier molecular flexibility index (Phi) is 4.36. The molecule has 2 rings (SSSR count). The highest BCUT2D eigenvalue weighted by Gasteiger charge is 1.97. The molecule has 0 aliphatic rings. The van der Waals surface area contributed by atoms with Crippen LogP contribution in [0.4, 0.5) is 5.69 Å². The van der Waals surface area contributed by atoms with Crippen molar-refractivity contribution in [1.29, 1.82) is 0 Å². The van der Waals surface area contributed by atoms with Crippen LogP contribution in [0.5, 0.6) is 0 Å². The van der Waals surface area contributed by atoms with Crippen molar-refractivity contribution in [2.45, 2.75) is 6.92 Å². The van der Waals surface area contributed by atoms with Gasteiger partial charge in [0.05, 0.1) is 0 Å². The van der Waals surface area contributed by atoms with Gasteiger partial charge in [0.1, 0.15) is 0 Å². The van der Waals surface area contributed by atoms with E-state index in [0.717, 1.165) is 16.7 Å². The lowest BCUT2D eigenvalue weighted by Gasteiger charge is -2.04. The van der Waals surface area contributed by atoms with Crippen molar-refractivity contribution in [2.24, 2.45) is 0 Å². The van der Waals surface area contributed by atoms with Crippen LogP contribution >= 0.6 is 0 Å². The molecule has 0 bridgehead atoms. The van der Waals surface area contributed by atoms with E-state index in [1.165, 1.54) is 0 Å². The highest BCUT2D eigenvalue weighted by molar-refractivity contribution is 7.73. The molecule has 0 unspecified atom stereocenters. The SMILES string of the molecule is CC(=Cc1ccccc1)c1ccc(N[SH](=O)=O)cc1. The second-order valence-electron chi connectivity index (χ2n) is 4.18. The Morgan fingerprint density at radius 2 is 1.63 bits per heavy atom. The molecule has 19 heavy (non-hydrogen) atoms. The van der Waals surface area contributed by atoms with E-state index >= 15 is 0 Å². The monoisotopic (exact) mass is 273 g/mol. The summed E-state index contributed by atoms with van der Waals surface area (Å²) in [5.41, 5.74) is 3.91. The zero-order valence-electron chi connectivity index (χ0n) is 10.5. The lowest BCUT2D eigenvalue weighted by molar-refractivity contribution is 0.619. The summed E-state index contributed by atoms with van der Waals surface area (Å²) in [6.07, 6.45) is 2.09. The number of benzene rings is 2. The van der Waals surface area contributed by atoms with Crippen molar-refractivity contribution in [3.05, 3.63) is 65.7 Å². The number of nitrogens with one attached hydrogen (secondary N) is 1. The Hall–Kier alpha value is -2.07. The number of allylic oxidation sites excluding steroid dienone is 1. The van der Waals surface area contributed by atoms with Crippen LogP contribution in [0.1, 0.15) is 18.1 Å². The number of rotatable bonds is 4. The minimum Gasteiger partial charge on any atom is -0.286 e. The van der Waals surface area contributed by atoms with Crippen molar-refractivity contribution in [3.8, 4) is 0 Å². The molecule has 0 saturated heterocycles. The summed E-state index contributed by atoms with van der Waals surface area (Å²) in [6.45, 7) is 2.03. The van der Waals surface area contributed by atoms with Gasteiger partial charge in [-0.05, 0) is 35.8 Å². The smallest absolute Gasteiger partial charge is 0.222 e. The maximum atomic E-state index is 10.5. The van der Waals surface area contributed by atoms with Crippen molar-refractivity contribution in [1.82, 2.24) is 0 Å². The molecule has 2 aromatic carbocycles. The predicted molar refractivity (Wildman–Crippen MR) is 80.4 cm³/mol. The highest BCUT2D eigenvalue weighted by Crippen LogP contribution is 2.19. The summed E-state index contributed by atoms with van der Waals surface area (Å²) >= 11 is 0. The third kappa shape index (κ3) is 3.96. The molecule has 0 atom stereocenters. The first kappa shape index (κ1) is 13.4. The third-order valence-corrected chi connectivity index (χ3v) is 3.18. The maximum Gasteiger partial charge on any atom is 0.222 e. The molecule has 0 heterocycles. The first-order chi connectivity index (χ1) is 9.15. The topological polar surface area (TPSA) is 46.2 Å². The van der Waals surface area contributed by atoms with Crippen molar-refractivity contribution >= 4 is 28.2 Å². The van der Waals surface area contributed by atoms with Crippen LogP contribution in [0.25, 0.3) is 11.6 Å². The Morgan fingerprint density at radius 3 is 2.21 bits per heavy atom. The first-order valence-corrected chi connectivity index (χ1v) is 7.08. The average Bonchev–Trinajstić information content (AvgIpc) is 2.40. The van der Waals surface area contributed by atoms with Crippen LogP contribution in [0, 0.1) is 0 Å². The molecule has 1 N–H and O–H groups in total. The minimum atomic E-state index is -2.61. The molecule has 0 amide bonds. The summed E-state index contributed by atoms with van der Waals surface area (Å²) in [4.78, 5) is 0. The first-order valence-electron chi connectivity index (χ1n) is 5.90. The Morgan fingerprint density at radius 1 is 1.00 bits per heavy atom. The molecule has 0 saturated carbocycles. The van der Waals surface area contributed by atoms with Crippen molar-refractivity contribution in [3.63, 3.8) is 0 Å². The zero-order valence-corrected chi connectivity index (χ0v) is 11.4. The fourth-order valence-corrected chi connectivity index (χ4v) is 2.16. The lowest BCUT2D eigenvalue weighted by atomic mass is 10.0. The summed E-state index contributed by atoms with van der Waals surface area (Å²) in [6, 6.07) is 17.4. The molecule has 0 aromatic heterocycles. The van der Waals surface area contributed by atoms with Gasteiger partial charge in [-0.15, -0.1) is 0 Å². The normalized spacial score (nSPS) is 11.6. The molecule has 2 aromatic rings. The van der Waals surface area contributed by atoms with E-state index < -0.39 is 10.9 Å². The van der Waals surface area contributed by atoms with Gasteiger partial charge >= 0.3 is 0 Å². The molecule has 0 fully saturated rings. The number of anilines is 1. The van der Waals surface area contributed by atoms with E-state index in [1.54, 1.807) is 12.1 Å². The maximum absolute atomic E-state index is 10.5. The van der Waals surface area contributed by atoms with Crippen LogP contribution in [0.3, 0.4) is 0 Å². The lowest BCUT2D eigenvalue weighted by Crippen LogP contribution is -1.94. The van der Waals surface area contributed by atoms with Crippen molar-refractivity contribution in [2.75, 3.05) is 4.72 Å². The van der Waals surface area contributed by atoms with Crippen LogP contribution < -0.4 is 4.72 Å². The van der Waals surface area contributed by atoms with Crippen LogP contribution in [-0.2, 0) is 10.9 Å². The van der Waals surface area contributed by atoms with E-state index in [2.05, 4.69) is 10.8 Å². The molecular formula is C15H15NO2S. The summed E-state index contributed by atoms with van der Waals surface area (Å²) in [5, 5.41) is 0. The fourth-order valence-electron chi connectivity index (χ4n) is 1.80. The molecule has 0 spiro atoms. The fraction of sp³-hybridized carbons (Fsp3) is 0.0667. The molecule has 4 heteroatoms. The van der Waals surface area contributed by atoms with E-state index in [9.17, 15) is 8.42 Å². The molecule has 0 radical (unpaired) electrons. The van der Waals surface area contributed by atoms with Gasteiger partial charge in [0.2, 0.25) is 10.9 Å². The summed E-state index contributed by atoms with van der Waals surface area (Å²) < 4.78 is 23.4. The molecule has 98 valence electrons. The summed E-state index contributed by atoms with van der Waals surface area (Å²) in [7, 11) is -2.61. The van der Waals surface area contributed by atoms with E-state index in [0.29, 0.717) is 5.69 Å². The number of hydrogen-bond donors (Lipinski definition) is 2. The molecule has 0 aliphatic carbocycles. The van der Waals surface area contributed by atoms with Crippen LogP contribution in [0.15, 0.2) is 54.6 Å². The Balaban J connectivity index is 2.20. The van der Waals surface area contributed by atoms with Gasteiger partial charge in [0, 0.05) is 5.69 Å². The van der Waals surface area contributed by atoms with Gasteiger partial charge in [-0.3, -0.25) is 4.72 Å². The number of hydrogen-bond acceptors (Lipinski definition) is 2. The van der Waals surface area contributed by atoms with Gasteiger partial charge in [-0.25, -0.2) is 8.42 Å². The van der Waals surface area contributed by atoms with E-state index in [-0.39, 0.29) is 0 Å². The van der Waals surface area contributed by atoms with Gasteiger partial charge < -0.3 is 0 Å². The average molecular weight is 273 g/mol. The third-order valence-electron chi connectivity index (χ3n) is 2.74. The van der Waals surface area contributed by atoms with Crippen LogP contribution in [0.2, 0.25) is 0 Å². The Bertz CT molecular complexity index is 636. The van der Waals surface area contributed by atoms with Gasteiger partial charge in [0.15, 0.2) is 0 Å². The second kappa shape index (κ2) is 6.20. The largest absolute Gasteiger partial charge is 0.286 e. The number of thiol groups is 1. The van der Waals surface area contributed by atoms with Gasteiger partial charge in [-0.1, -0.05) is 48.5 Å². The van der Waals surface area contributed by atoms with Crippen molar-refractivity contribution < 1.29 is 8.42 Å². The second-order valence-corrected chi connectivity index (χ2v) is 4.92. The molecule has 3 nitrogen and oxygen atoms in total. The van der Waals surface area contributed by atoms with Gasteiger partial charge in [0.25, 0.3) is 0 Å². The van der Waals surface area contributed by atoms with E-state index in [4.69, 9.17) is 0 Å². The van der Waals surface area contributed by atoms with Crippen LogP contribution in [-0.4, -0.2) is 8.42 Å². The molecule has 0 aliphatic heterocycles. The zero-order chi connectivity index (χ0) is 13.7. The summed E-state index contributed by atoms with van der Waals surface area (Å²) in [5.74, 6) is 0. The van der Waals surface area contributed by atoms with Gasteiger partial charge in [-0.2, -0.15) is 0 Å². The van der Waals surface area contributed by atoms with E-state index in [1.807, 2.05) is 49.4 Å². The Labute approximate surface area is 114 Å². The standard InChI is InChI=1S/C15H15NO2S/c1-12(11-13-5-3-2-4-6-13)14-7-9-15(10-8-14)16-19(17)18/h2-11,19H,1H3,(H,16,17,18).